The molecule has 0 atom stereocenters. The van der Waals surface area contributed by atoms with Crippen LogP contribution in [0.4, 0.5) is 0 Å². The number of rotatable bonds is 2. The first kappa shape index (κ1) is 23.3. The topological polar surface area (TPSA) is 13.0 Å². The first-order valence-corrected chi connectivity index (χ1v) is 11.0. The lowest BCUT2D eigenvalue weighted by atomic mass is 10.0. The molecule has 1 aromatic carbocycles. The molecular weight excluding hydrogens is 344 g/mol. The molecule has 1 aromatic rings. The molecule has 3 rings (SSSR count). The summed E-state index contributed by atoms with van der Waals surface area (Å²) in [5.74, 6) is 0. The van der Waals surface area contributed by atoms with Crippen LogP contribution in [0.2, 0.25) is 0 Å². The number of piperazine rings is 2. The van der Waals surface area contributed by atoms with Crippen molar-refractivity contribution in [3.05, 3.63) is 35.9 Å². The lowest BCUT2D eigenvalue weighted by molar-refractivity contribution is 0.0591. The fourth-order valence-corrected chi connectivity index (χ4v) is 3.90. The zero-order valence-electron chi connectivity index (χ0n) is 19.5. The van der Waals surface area contributed by atoms with Crippen LogP contribution in [0, 0.1) is 0 Å². The number of hydrogen-bond donors (Lipinski definition) is 0. The van der Waals surface area contributed by atoms with Crippen molar-refractivity contribution in [2.24, 2.45) is 0 Å². The summed E-state index contributed by atoms with van der Waals surface area (Å²) in [5.41, 5.74) is 2.11. The summed E-state index contributed by atoms with van der Waals surface area (Å²) in [7, 11) is 2.19. The van der Waals surface area contributed by atoms with Gasteiger partial charge >= 0.3 is 0 Å². The predicted molar refractivity (Wildman–Crippen MR) is 122 cm³/mol. The van der Waals surface area contributed by atoms with Crippen LogP contribution < -0.4 is 0 Å². The molecule has 2 fully saturated rings. The second-order valence-electron chi connectivity index (χ2n) is 10.4. The molecule has 0 aliphatic carbocycles. The van der Waals surface area contributed by atoms with Gasteiger partial charge in [-0.25, -0.2) is 0 Å². The molecule has 28 heavy (non-hydrogen) atoms. The summed E-state index contributed by atoms with van der Waals surface area (Å²) in [6.07, 6.45) is 0. The Morgan fingerprint density at radius 1 is 0.643 bits per heavy atom. The smallest absolute Gasteiger partial charge is 0.0234 e. The van der Waals surface area contributed by atoms with E-state index in [4.69, 9.17) is 0 Å². The van der Waals surface area contributed by atoms with Gasteiger partial charge in [-0.3, -0.25) is 14.7 Å². The van der Waals surface area contributed by atoms with Gasteiger partial charge in [0.2, 0.25) is 0 Å². The molecule has 0 spiro atoms. The van der Waals surface area contributed by atoms with Crippen molar-refractivity contribution in [1.82, 2.24) is 19.6 Å². The van der Waals surface area contributed by atoms with Crippen LogP contribution in [-0.2, 0) is 6.54 Å². The number of nitrogens with zero attached hydrogens (tertiary/aromatic N) is 4. The minimum atomic E-state index is 0.318. The molecule has 0 N–H and O–H groups in total. The van der Waals surface area contributed by atoms with Gasteiger partial charge < -0.3 is 4.90 Å². The quantitative estimate of drug-likeness (QED) is 0.767. The molecule has 2 saturated heterocycles. The second-order valence-corrected chi connectivity index (χ2v) is 10.4. The van der Waals surface area contributed by atoms with E-state index in [1.165, 1.54) is 57.9 Å². The first-order valence-electron chi connectivity index (χ1n) is 11.0. The van der Waals surface area contributed by atoms with Crippen LogP contribution in [0.1, 0.15) is 47.1 Å². The Morgan fingerprint density at radius 3 is 1.50 bits per heavy atom. The van der Waals surface area contributed by atoms with E-state index in [0.717, 1.165) is 6.54 Å². The molecule has 2 heterocycles. The van der Waals surface area contributed by atoms with Crippen molar-refractivity contribution in [2.45, 2.75) is 59.2 Å². The van der Waals surface area contributed by atoms with Crippen molar-refractivity contribution in [3.8, 4) is 0 Å². The monoisotopic (exact) mass is 388 g/mol. The normalized spacial score (nSPS) is 21.2. The Labute approximate surface area is 174 Å². The largest absolute Gasteiger partial charge is 0.304 e. The highest BCUT2D eigenvalue weighted by Gasteiger charge is 2.25. The van der Waals surface area contributed by atoms with Gasteiger partial charge in [-0.05, 0) is 54.2 Å². The Morgan fingerprint density at radius 2 is 1.07 bits per heavy atom. The van der Waals surface area contributed by atoms with E-state index >= 15 is 0 Å². The SMILES string of the molecule is CC(C)(C)N1CCN(Cc2ccccc2)CC1.CN1CCN(C(C)(C)C)CC1. The lowest BCUT2D eigenvalue weighted by Gasteiger charge is -2.42. The fraction of sp³-hybridized carbons (Fsp3) is 0.750. The van der Waals surface area contributed by atoms with Gasteiger partial charge in [0, 0.05) is 70.0 Å². The van der Waals surface area contributed by atoms with Crippen LogP contribution in [0.3, 0.4) is 0 Å². The third-order valence-corrected chi connectivity index (χ3v) is 6.02. The molecule has 160 valence electrons. The van der Waals surface area contributed by atoms with E-state index in [2.05, 4.69) is 98.5 Å². The molecule has 2 aliphatic rings. The van der Waals surface area contributed by atoms with Crippen molar-refractivity contribution < 1.29 is 0 Å². The van der Waals surface area contributed by atoms with E-state index in [0.29, 0.717) is 11.1 Å². The standard InChI is InChI=1S/C15H24N2.C9H20N2/c1-15(2,3)17-11-9-16(10-12-17)13-14-7-5-4-6-8-14;1-9(2,3)11-7-5-10(4)6-8-11/h4-8H,9-13H2,1-3H3;5-8H2,1-4H3. The van der Waals surface area contributed by atoms with Gasteiger partial charge in [0.25, 0.3) is 0 Å². The molecule has 4 heteroatoms. The van der Waals surface area contributed by atoms with Crippen molar-refractivity contribution in [2.75, 3.05) is 59.4 Å². The van der Waals surface area contributed by atoms with Crippen LogP contribution in [0.15, 0.2) is 30.3 Å². The van der Waals surface area contributed by atoms with Gasteiger partial charge in [-0.1, -0.05) is 30.3 Å². The molecule has 2 aliphatic heterocycles. The maximum atomic E-state index is 2.58. The average Bonchev–Trinajstić information content (AvgIpc) is 2.62. The predicted octanol–water partition coefficient (Wildman–Crippen LogP) is 3.64. The fourth-order valence-electron chi connectivity index (χ4n) is 3.90. The molecule has 0 amide bonds. The van der Waals surface area contributed by atoms with Crippen LogP contribution in [-0.4, -0.2) is 90.1 Å². The lowest BCUT2D eigenvalue weighted by Crippen LogP contribution is -2.53. The highest BCUT2D eigenvalue weighted by atomic mass is 15.3. The third-order valence-electron chi connectivity index (χ3n) is 6.02. The third kappa shape index (κ3) is 7.82. The Bertz CT molecular complexity index is 542. The van der Waals surface area contributed by atoms with Crippen LogP contribution in [0.5, 0.6) is 0 Å². The first-order chi connectivity index (χ1) is 13.1. The van der Waals surface area contributed by atoms with E-state index in [-0.39, 0.29) is 0 Å². The van der Waals surface area contributed by atoms with Gasteiger partial charge in [-0.15, -0.1) is 0 Å². The van der Waals surface area contributed by atoms with Gasteiger partial charge in [0.05, 0.1) is 0 Å². The summed E-state index contributed by atoms with van der Waals surface area (Å²) in [6.45, 7) is 24.5. The highest BCUT2D eigenvalue weighted by molar-refractivity contribution is 5.14. The number of hydrogen-bond acceptors (Lipinski definition) is 4. The van der Waals surface area contributed by atoms with Crippen LogP contribution >= 0.6 is 0 Å². The highest BCUT2D eigenvalue weighted by Crippen LogP contribution is 2.17. The van der Waals surface area contributed by atoms with Gasteiger partial charge in [0.1, 0.15) is 0 Å². The Hall–Kier alpha value is -0.940. The zero-order chi connectivity index (χ0) is 20.8. The summed E-state index contributed by atoms with van der Waals surface area (Å²) in [5, 5.41) is 0. The minimum absolute atomic E-state index is 0.318. The molecule has 0 radical (unpaired) electrons. The maximum Gasteiger partial charge on any atom is 0.0234 e. The Balaban J connectivity index is 0.000000221. The van der Waals surface area contributed by atoms with Crippen molar-refractivity contribution in [3.63, 3.8) is 0 Å². The molecule has 0 bridgehead atoms. The number of benzene rings is 1. The average molecular weight is 389 g/mol. The maximum absolute atomic E-state index is 2.58. The van der Waals surface area contributed by atoms with Gasteiger partial charge in [0.15, 0.2) is 0 Å². The molecule has 0 saturated carbocycles. The molecule has 0 aromatic heterocycles. The van der Waals surface area contributed by atoms with Crippen LogP contribution in [0.25, 0.3) is 0 Å². The van der Waals surface area contributed by atoms with E-state index in [9.17, 15) is 0 Å². The summed E-state index contributed by atoms with van der Waals surface area (Å²) < 4.78 is 0. The van der Waals surface area contributed by atoms with E-state index < -0.39 is 0 Å². The van der Waals surface area contributed by atoms with E-state index in [1.54, 1.807) is 0 Å². The van der Waals surface area contributed by atoms with E-state index in [1.807, 2.05) is 0 Å². The molecule has 0 unspecified atom stereocenters. The van der Waals surface area contributed by atoms with Crippen molar-refractivity contribution in [1.29, 1.82) is 0 Å². The molecule has 4 nitrogen and oxygen atoms in total. The minimum Gasteiger partial charge on any atom is -0.304 e. The zero-order valence-corrected chi connectivity index (χ0v) is 19.5. The second kappa shape index (κ2) is 10.2. The molecular formula is C24H44N4. The van der Waals surface area contributed by atoms with Crippen molar-refractivity contribution >= 4 is 0 Å². The summed E-state index contributed by atoms with van der Waals surface area (Å²) in [6, 6.07) is 10.8. The Kier molecular flexibility index (Phi) is 8.50. The summed E-state index contributed by atoms with van der Waals surface area (Å²) >= 11 is 0. The number of likely N-dealkylation sites (N-methyl/N-ethyl adjacent to an activating group) is 1. The van der Waals surface area contributed by atoms with Gasteiger partial charge in [-0.2, -0.15) is 0 Å². The summed E-state index contributed by atoms with van der Waals surface area (Å²) in [4.78, 5) is 10.1.